The van der Waals surface area contributed by atoms with Crippen molar-refractivity contribution in [2.45, 2.75) is 45.4 Å². The van der Waals surface area contributed by atoms with Crippen LogP contribution in [0.2, 0.25) is 5.02 Å². The Morgan fingerprint density at radius 2 is 2.06 bits per heavy atom. The Morgan fingerprint density at radius 1 is 1.28 bits per heavy atom. The lowest BCUT2D eigenvalue weighted by Gasteiger charge is -2.15. The normalized spacial score (nSPS) is 15.8. The van der Waals surface area contributed by atoms with Crippen LogP contribution in [-0.4, -0.2) is 38.4 Å². The molecule has 1 N–H and O–H groups in total. The molecule has 3 rings (SSSR count). The highest BCUT2D eigenvalue weighted by molar-refractivity contribution is 6.32. The van der Waals surface area contributed by atoms with Crippen LogP contribution in [0.15, 0.2) is 42.5 Å². The Hall–Kier alpha value is -2.70. The average Bonchev–Trinajstić information content (AvgIpc) is 3.30. The van der Waals surface area contributed by atoms with Crippen molar-refractivity contribution < 1.29 is 23.7 Å². The van der Waals surface area contributed by atoms with Gasteiger partial charge in [0, 0.05) is 19.2 Å². The zero-order valence-corrected chi connectivity index (χ0v) is 19.5. The molecule has 0 aliphatic carbocycles. The third-order valence-corrected chi connectivity index (χ3v) is 5.16. The molecule has 2 aromatic rings. The van der Waals surface area contributed by atoms with Crippen LogP contribution in [0, 0.1) is 0 Å². The van der Waals surface area contributed by atoms with Gasteiger partial charge in [-0.3, -0.25) is 4.79 Å². The average molecular weight is 460 g/mol. The fourth-order valence-corrected chi connectivity index (χ4v) is 3.54. The molecule has 1 amide bonds. The molecular formula is C25H30ClNO5. The van der Waals surface area contributed by atoms with Gasteiger partial charge in [-0.05, 0) is 68.2 Å². The van der Waals surface area contributed by atoms with Crippen LogP contribution in [0.3, 0.4) is 0 Å². The van der Waals surface area contributed by atoms with Crippen LogP contribution in [-0.2, 0) is 16.1 Å². The van der Waals surface area contributed by atoms with E-state index in [0.29, 0.717) is 29.7 Å². The first kappa shape index (κ1) is 24.0. The first-order valence-electron chi connectivity index (χ1n) is 10.8. The summed E-state index contributed by atoms with van der Waals surface area (Å²) < 4.78 is 22.4. The second-order valence-corrected chi connectivity index (χ2v) is 8.25. The molecule has 7 heteroatoms. The standard InChI is InChI=1S/C25H30ClNO5/c1-17(2)32-25-22(26)13-19(14-23(25)29-3)8-11-24(28)27-15-18-6-9-20(10-7-18)31-16-21-5-4-12-30-21/h6-11,13-14,17,21H,4-5,12,15-16H2,1-3H3,(H,27,28). The molecule has 1 atom stereocenters. The molecule has 1 aliphatic rings. The number of carbonyl (C=O) groups excluding carboxylic acids is 1. The SMILES string of the molecule is COc1cc(C=CC(=O)NCc2ccc(OCC3CCCO3)cc2)cc(Cl)c1OC(C)C. The molecule has 0 bridgehead atoms. The van der Waals surface area contributed by atoms with Crippen LogP contribution in [0.4, 0.5) is 0 Å². The van der Waals surface area contributed by atoms with Crippen molar-refractivity contribution in [3.05, 3.63) is 58.6 Å². The molecule has 0 aromatic heterocycles. The van der Waals surface area contributed by atoms with Gasteiger partial charge in [-0.1, -0.05) is 23.7 Å². The van der Waals surface area contributed by atoms with Crippen LogP contribution in [0.5, 0.6) is 17.2 Å². The highest BCUT2D eigenvalue weighted by Gasteiger charge is 2.16. The summed E-state index contributed by atoms with van der Waals surface area (Å²) in [5.74, 6) is 1.61. The van der Waals surface area contributed by atoms with E-state index in [1.807, 2.05) is 38.1 Å². The molecule has 32 heavy (non-hydrogen) atoms. The number of nitrogens with one attached hydrogen (secondary N) is 1. The van der Waals surface area contributed by atoms with Crippen LogP contribution < -0.4 is 19.5 Å². The van der Waals surface area contributed by atoms with E-state index in [4.69, 9.17) is 30.5 Å². The Morgan fingerprint density at radius 3 is 2.72 bits per heavy atom. The molecular weight excluding hydrogens is 430 g/mol. The summed E-state index contributed by atoms with van der Waals surface area (Å²) in [6.07, 6.45) is 5.45. The van der Waals surface area contributed by atoms with Crippen LogP contribution in [0.1, 0.15) is 37.8 Å². The van der Waals surface area contributed by atoms with E-state index in [9.17, 15) is 4.79 Å². The summed E-state index contributed by atoms with van der Waals surface area (Å²) in [5, 5.41) is 3.30. The second kappa shape index (κ2) is 11.8. The van der Waals surface area contributed by atoms with Crippen LogP contribution in [0.25, 0.3) is 6.08 Å². The third kappa shape index (κ3) is 7.18. The fraction of sp³-hybridized carbons (Fsp3) is 0.400. The molecule has 1 fully saturated rings. The summed E-state index contributed by atoms with van der Waals surface area (Å²) in [7, 11) is 1.55. The van der Waals surface area contributed by atoms with Crippen molar-refractivity contribution in [1.29, 1.82) is 0 Å². The van der Waals surface area contributed by atoms with Gasteiger partial charge in [0.15, 0.2) is 11.5 Å². The minimum Gasteiger partial charge on any atom is -0.493 e. The number of carbonyl (C=O) groups is 1. The Labute approximate surface area is 194 Å². The van der Waals surface area contributed by atoms with Gasteiger partial charge < -0.3 is 24.3 Å². The van der Waals surface area contributed by atoms with E-state index in [-0.39, 0.29) is 18.1 Å². The van der Waals surface area contributed by atoms with E-state index in [0.717, 1.165) is 36.3 Å². The number of amides is 1. The smallest absolute Gasteiger partial charge is 0.244 e. The minimum atomic E-state index is -0.207. The molecule has 0 radical (unpaired) electrons. The molecule has 0 saturated carbocycles. The second-order valence-electron chi connectivity index (χ2n) is 7.84. The Kier molecular flexibility index (Phi) is 8.82. The predicted octanol–water partition coefficient (Wildman–Crippen LogP) is 5.02. The zero-order valence-electron chi connectivity index (χ0n) is 18.7. The summed E-state index contributed by atoms with van der Waals surface area (Å²) in [5.41, 5.74) is 1.72. The maximum Gasteiger partial charge on any atom is 0.244 e. The van der Waals surface area contributed by atoms with Crippen molar-refractivity contribution in [2.75, 3.05) is 20.3 Å². The van der Waals surface area contributed by atoms with Gasteiger partial charge in [0.1, 0.15) is 12.4 Å². The van der Waals surface area contributed by atoms with Gasteiger partial charge in [0.2, 0.25) is 5.91 Å². The molecule has 2 aromatic carbocycles. The lowest BCUT2D eigenvalue weighted by atomic mass is 10.1. The molecule has 6 nitrogen and oxygen atoms in total. The van der Waals surface area contributed by atoms with E-state index in [1.54, 1.807) is 25.3 Å². The largest absolute Gasteiger partial charge is 0.493 e. The summed E-state index contributed by atoms with van der Waals surface area (Å²) in [6, 6.07) is 11.2. The van der Waals surface area contributed by atoms with Gasteiger partial charge >= 0.3 is 0 Å². The van der Waals surface area contributed by atoms with Gasteiger partial charge in [-0.2, -0.15) is 0 Å². The van der Waals surface area contributed by atoms with Crippen molar-refractivity contribution in [3.8, 4) is 17.2 Å². The van der Waals surface area contributed by atoms with Gasteiger partial charge in [0.25, 0.3) is 0 Å². The lowest BCUT2D eigenvalue weighted by Crippen LogP contribution is -2.20. The molecule has 1 aliphatic heterocycles. The zero-order chi connectivity index (χ0) is 22.9. The number of rotatable bonds is 10. The highest BCUT2D eigenvalue weighted by atomic mass is 35.5. The number of methoxy groups -OCH3 is 1. The van der Waals surface area contributed by atoms with E-state index >= 15 is 0 Å². The number of hydrogen-bond acceptors (Lipinski definition) is 5. The van der Waals surface area contributed by atoms with Crippen molar-refractivity contribution in [1.82, 2.24) is 5.32 Å². The molecule has 1 unspecified atom stereocenters. The van der Waals surface area contributed by atoms with Crippen molar-refractivity contribution >= 4 is 23.6 Å². The number of benzene rings is 2. The maximum absolute atomic E-state index is 12.2. The van der Waals surface area contributed by atoms with Crippen molar-refractivity contribution in [3.63, 3.8) is 0 Å². The predicted molar refractivity (Wildman–Crippen MR) is 126 cm³/mol. The van der Waals surface area contributed by atoms with E-state index < -0.39 is 0 Å². The van der Waals surface area contributed by atoms with Gasteiger partial charge in [-0.25, -0.2) is 0 Å². The summed E-state index contributed by atoms with van der Waals surface area (Å²) >= 11 is 6.33. The molecule has 1 saturated heterocycles. The summed E-state index contributed by atoms with van der Waals surface area (Å²) in [6.45, 7) is 5.64. The van der Waals surface area contributed by atoms with E-state index in [2.05, 4.69) is 5.32 Å². The quantitative estimate of drug-likeness (QED) is 0.505. The van der Waals surface area contributed by atoms with E-state index in [1.165, 1.54) is 6.08 Å². The third-order valence-electron chi connectivity index (χ3n) is 4.88. The monoisotopic (exact) mass is 459 g/mol. The Balaban J connectivity index is 1.50. The fourth-order valence-electron chi connectivity index (χ4n) is 3.27. The summed E-state index contributed by atoms with van der Waals surface area (Å²) in [4.78, 5) is 12.2. The van der Waals surface area contributed by atoms with Crippen LogP contribution >= 0.6 is 11.6 Å². The molecule has 172 valence electrons. The molecule has 1 heterocycles. The topological polar surface area (TPSA) is 66.0 Å². The number of hydrogen-bond donors (Lipinski definition) is 1. The first-order valence-corrected chi connectivity index (χ1v) is 11.2. The van der Waals surface area contributed by atoms with Gasteiger partial charge in [0.05, 0.1) is 24.3 Å². The minimum absolute atomic E-state index is 0.0319. The Bertz CT molecular complexity index is 921. The number of ether oxygens (including phenoxy) is 4. The lowest BCUT2D eigenvalue weighted by molar-refractivity contribution is -0.116. The highest BCUT2D eigenvalue weighted by Crippen LogP contribution is 2.37. The number of halogens is 1. The first-order chi connectivity index (χ1) is 15.4. The van der Waals surface area contributed by atoms with Crippen molar-refractivity contribution in [2.24, 2.45) is 0 Å². The maximum atomic E-state index is 12.2. The molecule has 0 spiro atoms. The van der Waals surface area contributed by atoms with Gasteiger partial charge in [-0.15, -0.1) is 0 Å².